The van der Waals surface area contributed by atoms with Gasteiger partial charge >= 0.3 is 0 Å². The molecule has 1 nitrogen and oxygen atoms in total. The van der Waals surface area contributed by atoms with Gasteiger partial charge in [-0.1, -0.05) is 107 Å². The first-order valence-corrected chi connectivity index (χ1v) is 9.74. The van der Waals surface area contributed by atoms with E-state index in [0.717, 1.165) is 15.7 Å². The van der Waals surface area contributed by atoms with Gasteiger partial charge in [-0.25, -0.2) is 0 Å². The minimum Gasteiger partial charge on any atom is -0.399 e. The summed E-state index contributed by atoms with van der Waals surface area (Å²) >= 11 is 3.80. The molecule has 4 aromatic rings. The molecule has 0 spiro atoms. The van der Waals surface area contributed by atoms with Gasteiger partial charge in [0.2, 0.25) is 0 Å². The first kappa shape index (κ1) is 17.6. The average molecular weight is 414 g/mol. The average Bonchev–Trinajstić information content (AvgIpc) is 2.73. The number of halogens is 1. The molecule has 27 heavy (non-hydrogen) atoms. The van der Waals surface area contributed by atoms with Crippen molar-refractivity contribution in [3.8, 4) is 0 Å². The molecule has 0 atom stereocenters. The fourth-order valence-electron chi connectivity index (χ4n) is 3.86. The molecule has 132 valence electrons. The van der Waals surface area contributed by atoms with Crippen LogP contribution >= 0.6 is 15.9 Å². The van der Waals surface area contributed by atoms with E-state index in [-0.39, 0.29) is 0 Å². The van der Waals surface area contributed by atoms with Crippen LogP contribution < -0.4 is 5.73 Å². The van der Waals surface area contributed by atoms with Crippen molar-refractivity contribution in [2.75, 3.05) is 5.73 Å². The molecule has 0 bridgehead atoms. The highest BCUT2D eigenvalue weighted by Crippen LogP contribution is 2.47. The number of hydrogen-bond donors (Lipinski definition) is 1. The van der Waals surface area contributed by atoms with Crippen LogP contribution in [0.5, 0.6) is 0 Å². The Bertz CT molecular complexity index is 931. The van der Waals surface area contributed by atoms with E-state index in [1.54, 1.807) is 0 Å². The highest BCUT2D eigenvalue weighted by molar-refractivity contribution is 9.10. The highest BCUT2D eigenvalue weighted by atomic mass is 79.9. The number of nitrogen functional groups attached to an aromatic ring is 1. The van der Waals surface area contributed by atoms with Crippen LogP contribution in [0.25, 0.3) is 0 Å². The number of rotatable bonds is 4. The molecule has 0 aliphatic rings. The maximum absolute atomic E-state index is 6.24. The SMILES string of the molecule is Nc1ccc(Br)c(C(c2ccccc2)(c2ccccc2)c2ccccc2)c1. The van der Waals surface area contributed by atoms with E-state index in [0.29, 0.717) is 0 Å². The topological polar surface area (TPSA) is 26.0 Å². The van der Waals surface area contributed by atoms with E-state index in [9.17, 15) is 0 Å². The van der Waals surface area contributed by atoms with Crippen LogP contribution in [0.15, 0.2) is 114 Å². The summed E-state index contributed by atoms with van der Waals surface area (Å²) in [4.78, 5) is 0. The monoisotopic (exact) mass is 413 g/mol. The second-order valence-corrected chi connectivity index (χ2v) is 7.44. The Hall–Kier alpha value is -2.84. The Kier molecular flexibility index (Phi) is 4.83. The van der Waals surface area contributed by atoms with Crippen molar-refractivity contribution < 1.29 is 0 Å². The van der Waals surface area contributed by atoms with Crippen LogP contribution in [-0.4, -0.2) is 0 Å². The summed E-state index contributed by atoms with van der Waals surface area (Å²) in [5.74, 6) is 0. The number of hydrogen-bond acceptors (Lipinski definition) is 1. The van der Waals surface area contributed by atoms with Gasteiger partial charge in [0, 0.05) is 10.2 Å². The van der Waals surface area contributed by atoms with E-state index < -0.39 is 5.41 Å². The van der Waals surface area contributed by atoms with Crippen molar-refractivity contribution in [3.63, 3.8) is 0 Å². The van der Waals surface area contributed by atoms with E-state index >= 15 is 0 Å². The molecule has 0 amide bonds. The van der Waals surface area contributed by atoms with Gasteiger partial charge in [-0.15, -0.1) is 0 Å². The molecule has 0 aromatic heterocycles. The van der Waals surface area contributed by atoms with Gasteiger partial charge in [-0.3, -0.25) is 0 Å². The lowest BCUT2D eigenvalue weighted by Crippen LogP contribution is -2.31. The normalized spacial score (nSPS) is 11.3. The molecule has 0 saturated carbocycles. The van der Waals surface area contributed by atoms with Crippen LogP contribution in [0.1, 0.15) is 22.3 Å². The zero-order valence-electron chi connectivity index (χ0n) is 14.8. The van der Waals surface area contributed by atoms with Gasteiger partial charge in [0.05, 0.1) is 5.41 Å². The molecule has 0 fully saturated rings. The highest BCUT2D eigenvalue weighted by Gasteiger charge is 2.39. The molecule has 0 aliphatic carbocycles. The number of nitrogens with two attached hydrogens (primary N) is 1. The summed E-state index contributed by atoms with van der Waals surface area (Å²) in [7, 11) is 0. The van der Waals surface area contributed by atoms with Crippen LogP contribution in [-0.2, 0) is 5.41 Å². The van der Waals surface area contributed by atoms with Gasteiger partial charge in [0.25, 0.3) is 0 Å². The molecule has 0 unspecified atom stereocenters. The largest absolute Gasteiger partial charge is 0.399 e. The summed E-state index contributed by atoms with van der Waals surface area (Å²) in [6.07, 6.45) is 0. The van der Waals surface area contributed by atoms with E-state index in [1.807, 2.05) is 12.1 Å². The molecule has 4 rings (SSSR count). The summed E-state index contributed by atoms with van der Waals surface area (Å²) < 4.78 is 1.04. The van der Waals surface area contributed by atoms with Crippen LogP contribution in [0.2, 0.25) is 0 Å². The van der Waals surface area contributed by atoms with Crippen molar-refractivity contribution in [1.82, 2.24) is 0 Å². The quantitative estimate of drug-likeness (QED) is 0.303. The lowest BCUT2D eigenvalue weighted by atomic mass is 9.65. The molecule has 0 aliphatic heterocycles. The van der Waals surface area contributed by atoms with Crippen LogP contribution in [0.4, 0.5) is 5.69 Å². The summed E-state index contributed by atoms with van der Waals surface area (Å²) in [5.41, 5.74) is 11.3. The van der Waals surface area contributed by atoms with E-state index in [1.165, 1.54) is 16.7 Å². The van der Waals surface area contributed by atoms with Crippen molar-refractivity contribution in [2.45, 2.75) is 5.41 Å². The number of benzene rings is 4. The third-order valence-corrected chi connectivity index (χ3v) is 5.71. The van der Waals surface area contributed by atoms with Crippen molar-refractivity contribution in [3.05, 3.63) is 136 Å². The van der Waals surface area contributed by atoms with E-state index in [2.05, 4.69) is 113 Å². The molecule has 2 N–H and O–H groups in total. The van der Waals surface area contributed by atoms with Crippen LogP contribution in [0, 0.1) is 0 Å². The Morgan fingerprint density at radius 3 is 1.37 bits per heavy atom. The molecule has 0 radical (unpaired) electrons. The maximum Gasteiger partial charge on any atom is 0.0713 e. The zero-order chi connectivity index (χ0) is 18.7. The number of anilines is 1. The predicted octanol–water partition coefficient (Wildman–Crippen LogP) is 6.41. The van der Waals surface area contributed by atoms with Gasteiger partial charge in [0.1, 0.15) is 0 Å². The Morgan fingerprint density at radius 1 is 0.556 bits per heavy atom. The Labute approximate surface area is 168 Å². The lowest BCUT2D eigenvalue weighted by molar-refractivity contribution is 0.741. The van der Waals surface area contributed by atoms with Gasteiger partial charge in [-0.05, 0) is 40.5 Å². The third-order valence-electron chi connectivity index (χ3n) is 5.01. The van der Waals surface area contributed by atoms with Gasteiger partial charge < -0.3 is 5.73 Å². The summed E-state index contributed by atoms with van der Waals surface area (Å²) in [6, 6.07) is 37.9. The molecular weight excluding hydrogens is 394 g/mol. The van der Waals surface area contributed by atoms with E-state index in [4.69, 9.17) is 5.73 Å². The minimum absolute atomic E-state index is 0.474. The molecule has 2 heteroatoms. The van der Waals surface area contributed by atoms with Gasteiger partial charge in [-0.2, -0.15) is 0 Å². The fourth-order valence-corrected chi connectivity index (χ4v) is 4.41. The standard InChI is InChI=1S/C25H20BrN/c26-24-17-16-22(27)18-23(24)25(19-10-4-1-5-11-19,20-12-6-2-7-13-20)21-14-8-3-9-15-21/h1-18H,27H2. The first-order chi connectivity index (χ1) is 13.2. The van der Waals surface area contributed by atoms with Crippen LogP contribution in [0.3, 0.4) is 0 Å². The van der Waals surface area contributed by atoms with Gasteiger partial charge in [0.15, 0.2) is 0 Å². The molecule has 4 aromatic carbocycles. The second-order valence-electron chi connectivity index (χ2n) is 6.59. The predicted molar refractivity (Wildman–Crippen MR) is 117 cm³/mol. The summed E-state index contributed by atoms with van der Waals surface area (Å²) in [6.45, 7) is 0. The smallest absolute Gasteiger partial charge is 0.0713 e. The minimum atomic E-state index is -0.474. The molecule has 0 saturated heterocycles. The van der Waals surface area contributed by atoms with Crippen molar-refractivity contribution >= 4 is 21.6 Å². The molecular formula is C25H20BrN. The van der Waals surface area contributed by atoms with Crippen molar-refractivity contribution in [1.29, 1.82) is 0 Å². The maximum atomic E-state index is 6.24. The lowest BCUT2D eigenvalue weighted by Gasteiger charge is -2.37. The van der Waals surface area contributed by atoms with Crippen molar-refractivity contribution in [2.24, 2.45) is 0 Å². The summed E-state index contributed by atoms with van der Waals surface area (Å²) in [5, 5.41) is 0. The fraction of sp³-hybridized carbons (Fsp3) is 0.0400. The second kappa shape index (κ2) is 7.42. The molecule has 0 heterocycles. The zero-order valence-corrected chi connectivity index (χ0v) is 16.4. The Balaban J connectivity index is 2.18. The third kappa shape index (κ3) is 3.07. The Morgan fingerprint density at radius 2 is 0.963 bits per heavy atom. The first-order valence-electron chi connectivity index (χ1n) is 8.95.